The Morgan fingerprint density at radius 3 is 2.84 bits per heavy atom. The molecule has 1 heterocycles. The van der Waals surface area contributed by atoms with E-state index >= 15 is 0 Å². The summed E-state index contributed by atoms with van der Waals surface area (Å²) in [6.45, 7) is 2.10. The molecule has 0 aliphatic rings. The van der Waals surface area contributed by atoms with E-state index in [2.05, 4.69) is 31.2 Å². The predicted molar refractivity (Wildman–Crippen MR) is 82.6 cm³/mol. The number of nitrogens with two attached hydrogens (primary N) is 1. The number of aromatic nitrogens is 1. The van der Waals surface area contributed by atoms with Crippen molar-refractivity contribution in [3.8, 4) is 0 Å². The van der Waals surface area contributed by atoms with Gasteiger partial charge in [-0.25, -0.2) is 4.98 Å². The lowest BCUT2D eigenvalue weighted by Crippen LogP contribution is -1.92. The van der Waals surface area contributed by atoms with E-state index in [1.165, 1.54) is 20.8 Å². The van der Waals surface area contributed by atoms with E-state index in [1.54, 1.807) is 11.3 Å². The molecule has 0 amide bonds. The van der Waals surface area contributed by atoms with Crippen LogP contribution in [0.1, 0.15) is 16.1 Å². The summed E-state index contributed by atoms with van der Waals surface area (Å²) in [6, 6.07) is 14.5. The van der Waals surface area contributed by atoms with Gasteiger partial charge in [-0.3, -0.25) is 0 Å². The van der Waals surface area contributed by atoms with Gasteiger partial charge in [-0.2, -0.15) is 0 Å². The molecule has 0 unspecified atom stereocenters. The summed E-state index contributed by atoms with van der Waals surface area (Å²) in [7, 11) is 0. The number of fused-ring (bicyclic) bond motifs is 1. The number of nitrogen functional groups attached to an aromatic ring is 1. The molecule has 1 aromatic heterocycles. The average molecular weight is 268 g/mol. The monoisotopic (exact) mass is 268 g/mol. The molecular weight excluding hydrogens is 252 g/mol. The quantitative estimate of drug-likeness (QED) is 0.730. The van der Waals surface area contributed by atoms with Gasteiger partial charge in [0.1, 0.15) is 0 Å². The molecule has 0 aliphatic heterocycles. The standard InChI is InChI=1S/C16H16N2S/c1-11-5-7-15-14(9-11)18-16(19-15)8-6-12-3-2-4-13(17)10-12/h2-5,7,9-10H,6,8,17H2,1H3. The maximum Gasteiger partial charge on any atom is 0.0941 e. The fourth-order valence-electron chi connectivity index (χ4n) is 2.19. The second-order valence-electron chi connectivity index (χ2n) is 4.82. The van der Waals surface area contributed by atoms with Crippen LogP contribution in [0.25, 0.3) is 10.2 Å². The number of rotatable bonds is 3. The van der Waals surface area contributed by atoms with E-state index in [9.17, 15) is 0 Å². The maximum absolute atomic E-state index is 5.79. The van der Waals surface area contributed by atoms with Crippen LogP contribution >= 0.6 is 11.3 Å². The molecule has 0 aliphatic carbocycles. The molecule has 3 heteroatoms. The fourth-order valence-corrected chi connectivity index (χ4v) is 3.14. The van der Waals surface area contributed by atoms with Crippen LogP contribution in [0.3, 0.4) is 0 Å². The predicted octanol–water partition coefficient (Wildman–Crippen LogP) is 3.97. The van der Waals surface area contributed by atoms with Gasteiger partial charge in [-0.15, -0.1) is 11.3 Å². The van der Waals surface area contributed by atoms with Crippen molar-refractivity contribution < 1.29 is 0 Å². The molecular formula is C16H16N2S. The second kappa shape index (κ2) is 5.02. The van der Waals surface area contributed by atoms with Gasteiger partial charge in [-0.1, -0.05) is 18.2 Å². The molecule has 3 aromatic rings. The largest absolute Gasteiger partial charge is 0.399 e. The van der Waals surface area contributed by atoms with Crippen molar-refractivity contribution in [2.45, 2.75) is 19.8 Å². The first-order chi connectivity index (χ1) is 9.20. The van der Waals surface area contributed by atoms with Crippen LogP contribution in [0.2, 0.25) is 0 Å². The summed E-state index contributed by atoms with van der Waals surface area (Å²) in [5, 5.41) is 1.20. The Morgan fingerprint density at radius 1 is 1.11 bits per heavy atom. The zero-order chi connectivity index (χ0) is 13.2. The molecule has 2 nitrogen and oxygen atoms in total. The van der Waals surface area contributed by atoms with Crippen molar-refractivity contribution in [2.24, 2.45) is 0 Å². The zero-order valence-corrected chi connectivity index (χ0v) is 11.7. The smallest absolute Gasteiger partial charge is 0.0941 e. The highest BCUT2D eigenvalue weighted by Crippen LogP contribution is 2.24. The summed E-state index contributed by atoms with van der Waals surface area (Å²) >= 11 is 1.79. The number of nitrogens with zero attached hydrogens (tertiary/aromatic N) is 1. The van der Waals surface area contributed by atoms with Crippen molar-refractivity contribution >= 4 is 27.2 Å². The molecule has 0 atom stereocenters. The molecule has 96 valence electrons. The first kappa shape index (κ1) is 12.2. The fraction of sp³-hybridized carbons (Fsp3) is 0.188. The van der Waals surface area contributed by atoms with E-state index in [0.717, 1.165) is 24.0 Å². The third-order valence-corrected chi connectivity index (χ3v) is 4.26. The highest BCUT2D eigenvalue weighted by atomic mass is 32.1. The Labute approximate surface area is 116 Å². The molecule has 3 rings (SSSR count). The molecule has 0 saturated carbocycles. The molecule has 0 spiro atoms. The Hall–Kier alpha value is -1.87. The SMILES string of the molecule is Cc1ccc2sc(CCc3cccc(N)c3)nc2c1. The summed E-state index contributed by atoms with van der Waals surface area (Å²) in [5.74, 6) is 0. The van der Waals surface area contributed by atoms with Crippen LogP contribution < -0.4 is 5.73 Å². The van der Waals surface area contributed by atoms with Gasteiger partial charge in [0.2, 0.25) is 0 Å². The van der Waals surface area contributed by atoms with Crippen molar-refractivity contribution in [3.05, 3.63) is 58.6 Å². The molecule has 2 N–H and O–H groups in total. The molecule has 0 fully saturated rings. The lowest BCUT2D eigenvalue weighted by molar-refractivity contribution is 0.949. The number of anilines is 1. The first-order valence-electron chi connectivity index (χ1n) is 6.41. The number of benzene rings is 2. The van der Waals surface area contributed by atoms with Crippen molar-refractivity contribution in [2.75, 3.05) is 5.73 Å². The van der Waals surface area contributed by atoms with Crippen LogP contribution in [-0.2, 0) is 12.8 Å². The molecule has 2 aromatic carbocycles. The van der Waals surface area contributed by atoms with Crippen molar-refractivity contribution in [3.63, 3.8) is 0 Å². The summed E-state index contributed by atoms with van der Waals surface area (Å²) in [4.78, 5) is 4.70. The van der Waals surface area contributed by atoms with Crippen molar-refractivity contribution in [1.29, 1.82) is 0 Å². The van der Waals surface area contributed by atoms with Gasteiger partial charge in [0, 0.05) is 12.1 Å². The van der Waals surface area contributed by atoms with Crippen LogP contribution in [0, 0.1) is 6.92 Å². The Morgan fingerprint density at radius 2 is 2.00 bits per heavy atom. The molecule has 0 radical (unpaired) electrons. The van der Waals surface area contributed by atoms with Gasteiger partial charge in [0.05, 0.1) is 15.2 Å². The third-order valence-electron chi connectivity index (χ3n) is 3.17. The van der Waals surface area contributed by atoms with E-state index < -0.39 is 0 Å². The van der Waals surface area contributed by atoms with Gasteiger partial charge in [-0.05, 0) is 48.7 Å². The summed E-state index contributed by atoms with van der Waals surface area (Å²) in [5.41, 5.74) is 10.3. The molecule has 0 saturated heterocycles. The normalized spacial score (nSPS) is 11.0. The minimum Gasteiger partial charge on any atom is -0.399 e. The Kier molecular flexibility index (Phi) is 3.22. The van der Waals surface area contributed by atoms with Gasteiger partial charge < -0.3 is 5.73 Å². The minimum absolute atomic E-state index is 0.831. The zero-order valence-electron chi connectivity index (χ0n) is 10.9. The first-order valence-corrected chi connectivity index (χ1v) is 7.23. The van der Waals surface area contributed by atoms with E-state index in [4.69, 9.17) is 10.7 Å². The second-order valence-corrected chi connectivity index (χ2v) is 5.94. The van der Waals surface area contributed by atoms with Crippen LogP contribution in [0.5, 0.6) is 0 Å². The van der Waals surface area contributed by atoms with Crippen LogP contribution in [-0.4, -0.2) is 4.98 Å². The van der Waals surface area contributed by atoms with Crippen LogP contribution in [0.4, 0.5) is 5.69 Å². The van der Waals surface area contributed by atoms with E-state index in [1.807, 2.05) is 18.2 Å². The van der Waals surface area contributed by atoms with E-state index in [0.29, 0.717) is 0 Å². The van der Waals surface area contributed by atoms with Gasteiger partial charge in [0.25, 0.3) is 0 Å². The number of thiazole rings is 1. The van der Waals surface area contributed by atoms with E-state index in [-0.39, 0.29) is 0 Å². The summed E-state index contributed by atoms with van der Waals surface area (Å²) in [6.07, 6.45) is 1.96. The Bertz CT molecular complexity index is 716. The van der Waals surface area contributed by atoms with Crippen LogP contribution in [0.15, 0.2) is 42.5 Å². The molecule has 19 heavy (non-hydrogen) atoms. The van der Waals surface area contributed by atoms with Gasteiger partial charge in [0.15, 0.2) is 0 Å². The molecule has 0 bridgehead atoms. The topological polar surface area (TPSA) is 38.9 Å². The minimum atomic E-state index is 0.831. The number of hydrogen-bond acceptors (Lipinski definition) is 3. The number of hydrogen-bond donors (Lipinski definition) is 1. The van der Waals surface area contributed by atoms with Gasteiger partial charge >= 0.3 is 0 Å². The lowest BCUT2D eigenvalue weighted by Gasteiger charge is -2.00. The average Bonchev–Trinajstić information content (AvgIpc) is 2.78. The number of aryl methyl sites for hydroxylation is 3. The third kappa shape index (κ3) is 2.76. The Balaban J connectivity index is 1.78. The maximum atomic E-state index is 5.79. The lowest BCUT2D eigenvalue weighted by atomic mass is 10.1. The van der Waals surface area contributed by atoms with Crippen molar-refractivity contribution in [1.82, 2.24) is 4.98 Å². The highest BCUT2D eigenvalue weighted by molar-refractivity contribution is 7.18. The summed E-state index contributed by atoms with van der Waals surface area (Å²) < 4.78 is 1.27. The highest BCUT2D eigenvalue weighted by Gasteiger charge is 2.04.